The molecule has 1 aliphatic heterocycles. The van der Waals surface area contributed by atoms with Crippen molar-refractivity contribution in [2.24, 2.45) is 0 Å². The number of nitrogens with two attached hydrogens (primary N) is 1. The maximum absolute atomic E-state index is 12.2. The lowest BCUT2D eigenvalue weighted by Gasteiger charge is -2.27. The van der Waals surface area contributed by atoms with E-state index in [0.717, 1.165) is 31.1 Å². The van der Waals surface area contributed by atoms with Crippen molar-refractivity contribution in [2.75, 3.05) is 38.2 Å². The van der Waals surface area contributed by atoms with Gasteiger partial charge < -0.3 is 16.0 Å². The molecule has 1 aromatic rings. The zero-order chi connectivity index (χ0) is 12.3. The van der Waals surface area contributed by atoms with Gasteiger partial charge in [0.2, 0.25) is 0 Å². The van der Waals surface area contributed by atoms with Gasteiger partial charge in [0.05, 0.1) is 0 Å². The van der Waals surface area contributed by atoms with E-state index in [0.29, 0.717) is 11.3 Å². The van der Waals surface area contributed by atoms with Gasteiger partial charge in [0.15, 0.2) is 0 Å². The molecule has 2 rings (SSSR count). The van der Waals surface area contributed by atoms with E-state index in [1.165, 1.54) is 0 Å². The first-order valence-corrected chi connectivity index (χ1v) is 6.88. The van der Waals surface area contributed by atoms with Gasteiger partial charge in [-0.3, -0.25) is 4.79 Å². The molecule has 1 aromatic carbocycles. The van der Waals surface area contributed by atoms with Crippen molar-refractivity contribution in [1.29, 1.82) is 0 Å². The van der Waals surface area contributed by atoms with E-state index in [4.69, 9.17) is 5.73 Å². The lowest BCUT2D eigenvalue weighted by Crippen LogP contribution is -2.46. The molecule has 1 fully saturated rings. The summed E-state index contributed by atoms with van der Waals surface area (Å²) in [5.74, 6) is 0.0749. The normalized spacial score (nSPS) is 15.9. The van der Waals surface area contributed by atoms with E-state index in [-0.39, 0.29) is 5.91 Å². The smallest absolute Gasteiger partial charge is 0.254 e. The van der Waals surface area contributed by atoms with Crippen molar-refractivity contribution in [3.05, 3.63) is 23.8 Å². The van der Waals surface area contributed by atoms with Crippen molar-refractivity contribution in [3.8, 4) is 0 Å². The summed E-state index contributed by atoms with van der Waals surface area (Å²) >= 11 is 1.59. The maximum atomic E-state index is 12.2. The Bertz CT molecular complexity index is 416. The molecule has 1 aliphatic rings. The molecule has 0 saturated carbocycles. The topological polar surface area (TPSA) is 58.4 Å². The second-order valence-corrected chi connectivity index (χ2v) is 4.85. The molecule has 0 aliphatic carbocycles. The van der Waals surface area contributed by atoms with Gasteiger partial charge >= 0.3 is 0 Å². The van der Waals surface area contributed by atoms with Gasteiger partial charge in [-0.15, -0.1) is 11.8 Å². The number of nitrogens with zero attached hydrogens (tertiary/aromatic N) is 1. The predicted molar refractivity (Wildman–Crippen MR) is 71.4 cm³/mol. The number of rotatable bonds is 2. The van der Waals surface area contributed by atoms with Gasteiger partial charge in [-0.25, -0.2) is 0 Å². The predicted octanol–water partition coefficient (Wildman–Crippen LogP) is 1.04. The quantitative estimate of drug-likeness (QED) is 0.609. The van der Waals surface area contributed by atoms with Gasteiger partial charge in [0, 0.05) is 42.3 Å². The summed E-state index contributed by atoms with van der Waals surface area (Å²) in [6.07, 6.45) is 1.98. The first-order valence-electron chi connectivity index (χ1n) is 5.66. The van der Waals surface area contributed by atoms with Crippen LogP contribution in [0.15, 0.2) is 23.1 Å². The molecule has 3 N–H and O–H groups in total. The number of piperazine rings is 1. The third-order valence-electron chi connectivity index (χ3n) is 2.88. The largest absolute Gasteiger partial charge is 0.398 e. The SMILES string of the molecule is CSc1ccc(C(=O)N2CCNCC2)cc1N. The standard InChI is InChI=1S/C12H17N3OS/c1-17-11-3-2-9(8-10(11)13)12(16)15-6-4-14-5-7-15/h2-3,8,14H,4-7,13H2,1H3. The number of nitrogens with one attached hydrogen (secondary N) is 1. The average molecular weight is 251 g/mol. The minimum absolute atomic E-state index is 0.0749. The third-order valence-corrected chi connectivity index (χ3v) is 3.69. The Hall–Kier alpha value is -1.20. The molecule has 92 valence electrons. The van der Waals surface area contributed by atoms with Gasteiger partial charge in [0.1, 0.15) is 0 Å². The summed E-state index contributed by atoms with van der Waals surface area (Å²) in [5.41, 5.74) is 7.26. The molecule has 0 bridgehead atoms. The Kier molecular flexibility index (Phi) is 3.91. The number of anilines is 1. The Morgan fingerprint density at radius 3 is 2.71 bits per heavy atom. The molecule has 0 unspecified atom stereocenters. The number of benzene rings is 1. The second kappa shape index (κ2) is 5.42. The van der Waals surface area contributed by atoms with Crippen LogP contribution in [0, 0.1) is 0 Å². The van der Waals surface area contributed by atoms with Crippen molar-refractivity contribution in [2.45, 2.75) is 4.90 Å². The second-order valence-electron chi connectivity index (χ2n) is 4.00. The van der Waals surface area contributed by atoms with Crippen LogP contribution in [0.25, 0.3) is 0 Å². The Labute approximate surface area is 106 Å². The molecule has 0 spiro atoms. The lowest BCUT2D eigenvalue weighted by molar-refractivity contribution is 0.0736. The fourth-order valence-electron chi connectivity index (χ4n) is 1.92. The van der Waals surface area contributed by atoms with Crippen LogP contribution in [-0.2, 0) is 0 Å². The van der Waals surface area contributed by atoms with E-state index >= 15 is 0 Å². The molecule has 1 heterocycles. The van der Waals surface area contributed by atoms with Crippen LogP contribution in [0.5, 0.6) is 0 Å². The van der Waals surface area contributed by atoms with Crippen molar-refractivity contribution in [3.63, 3.8) is 0 Å². The molecule has 0 aromatic heterocycles. The van der Waals surface area contributed by atoms with Gasteiger partial charge in [-0.05, 0) is 24.5 Å². The van der Waals surface area contributed by atoms with Gasteiger partial charge in [-0.2, -0.15) is 0 Å². The molecule has 1 amide bonds. The van der Waals surface area contributed by atoms with Crippen molar-refractivity contribution >= 4 is 23.4 Å². The zero-order valence-corrected chi connectivity index (χ0v) is 10.7. The van der Waals surface area contributed by atoms with Crippen molar-refractivity contribution in [1.82, 2.24) is 10.2 Å². The van der Waals surface area contributed by atoms with Crippen LogP contribution in [0.1, 0.15) is 10.4 Å². The molecule has 5 heteroatoms. The summed E-state index contributed by atoms with van der Waals surface area (Å²) in [4.78, 5) is 15.1. The van der Waals surface area contributed by atoms with E-state index in [1.54, 1.807) is 17.8 Å². The molecule has 0 radical (unpaired) electrons. The van der Waals surface area contributed by atoms with Gasteiger partial charge in [0.25, 0.3) is 5.91 Å². The summed E-state index contributed by atoms with van der Waals surface area (Å²) in [5, 5.41) is 3.23. The van der Waals surface area contributed by atoms with Crippen LogP contribution < -0.4 is 11.1 Å². The van der Waals surface area contributed by atoms with Crippen LogP contribution >= 0.6 is 11.8 Å². The highest BCUT2D eigenvalue weighted by Crippen LogP contribution is 2.24. The van der Waals surface area contributed by atoms with Crippen molar-refractivity contribution < 1.29 is 4.79 Å². The summed E-state index contributed by atoms with van der Waals surface area (Å²) in [7, 11) is 0. The number of hydrogen-bond acceptors (Lipinski definition) is 4. The third kappa shape index (κ3) is 2.73. The number of amides is 1. The maximum Gasteiger partial charge on any atom is 0.254 e. The fraction of sp³-hybridized carbons (Fsp3) is 0.417. The molecular weight excluding hydrogens is 234 g/mol. The highest BCUT2D eigenvalue weighted by Gasteiger charge is 2.18. The van der Waals surface area contributed by atoms with Crippen LogP contribution in [0.3, 0.4) is 0 Å². The molecule has 0 atom stereocenters. The monoisotopic (exact) mass is 251 g/mol. The average Bonchev–Trinajstić information content (AvgIpc) is 2.39. The van der Waals surface area contributed by atoms with Gasteiger partial charge in [-0.1, -0.05) is 0 Å². The first-order chi connectivity index (χ1) is 8.22. The van der Waals surface area contributed by atoms with E-state index in [1.807, 2.05) is 23.3 Å². The number of hydrogen-bond donors (Lipinski definition) is 2. The number of carbonyl (C=O) groups excluding carboxylic acids is 1. The highest BCUT2D eigenvalue weighted by molar-refractivity contribution is 7.98. The summed E-state index contributed by atoms with van der Waals surface area (Å²) in [6, 6.07) is 5.54. The first kappa shape index (κ1) is 12.3. The summed E-state index contributed by atoms with van der Waals surface area (Å²) < 4.78 is 0. The zero-order valence-electron chi connectivity index (χ0n) is 9.90. The van der Waals surface area contributed by atoms with Crippen LogP contribution in [0.2, 0.25) is 0 Å². The number of thioether (sulfide) groups is 1. The highest BCUT2D eigenvalue weighted by atomic mass is 32.2. The van der Waals surface area contributed by atoms with E-state index in [2.05, 4.69) is 5.32 Å². The molecule has 17 heavy (non-hydrogen) atoms. The Morgan fingerprint density at radius 2 is 2.12 bits per heavy atom. The molecular formula is C12H17N3OS. The number of carbonyl (C=O) groups is 1. The van der Waals surface area contributed by atoms with E-state index in [9.17, 15) is 4.79 Å². The summed E-state index contributed by atoms with van der Waals surface area (Å²) in [6.45, 7) is 3.26. The number of nitrogen functional groups attached to an aromatic ring is 1. The minimum Gasteiger partial charge on any atom is -0.398 e. The molecule has 4 nitrogen and oxygen atoms in total. The Morgan fingerprint density at radius 1 is 1.41 bits per heavy atom. The Balaban J connectivity index is 2.16. The van der Waals surface area contributed by atoms with Crippen LogP contribution in [0.4, 0.5) is 5.69 Å². The van der Waals surface area contributed by atoms with Crippen LogP contribution in [-0.4, -0.2) is 43.2 Å². The molecule has 1 saturated heterocycles. The lowest BCUT2D eigenvalue weighted by atomic mass is 10.1. The fourth-order valence-corrected chi connectivity index (χ4v) is 2.42. The van der Waals surface area contributed by atoms with E-state index < -0.39 is 0 Å². The minimum atomic E-state index is 0.0749.